The molecule has 7 nitrogen and oxygen atoms in total. The fourth-order valence-corrected chi connectivity index (χ4v) is 3.79. The van der Waals surface area contributed by atoms with Gasteiger partial charge in [0.15, 0.2) is 0 Å². The molecule has 0 unspecified atom stereocenters. The first-order valence-corrected chi connectivity index (χ1v) is 10.3. The Morgan fingerprint density at radius 2 is 2.20 bits per heavy atom. The summed E-state index contributed by atoms with van der Waals surface area (Å²) >= 11 is 0. The molecule has 0 aliphatic carbocycles. The molecule has 2 heterocycles. The second-order valence-corrected chi connectivity index (χ2v) is 8.21. The zero-order valence-electron chi connectivity index (χ0n) is 14.8. The van der Waals surface area contributed by atoms with Crippen LogP contribution in [0.1, 0.15) is 32.5 Å². The molecule has 0 spiro atoms. The number of imidazole rings is 1. The average Bonchev–Trinajstić information content (AvgIpc) is 2.88. The summed E-state index contributed by atoms with van der Waals surface area (Å²) in [7, 11) is -3.73. The predicted molar refractivity (Wildman–Crippen MR) is 96.7 cm³/mol. The third kappa shape index (κ3) is 4.20. The van der Waals surface area contributed by atoms with Crippen LogP contribution in [0.5, 0.6) is 0 Å². The lowest BCUT2D eigenvalue weighted by Crippen LogP contribution is -2.41. The summed E-state index contributed by atoms with van der Waals surface area (Å²) in [6.45, 7) is 8.31. The zero-order chi connectivity index (χ0) is 18.0. The van der Waals surface area contributed by atoms with Crippen molar-refractivity contribution < 1.29 is 13.2 Å². The number of hydrogen-bond donors (Lipinski definition) is 1. The summed E-state index contributed by atoms with van der Waals surface area (Å²) in [6.07, 6.45) is 2.36. The number of unbranched alkanes of at least 4 members (excludes halogenated alkanes) is 1. The molecule has 3 rings (SSSR count). The molecule has 1 aromatic carbocycles. The first-order valence-electron chi connectivity index (χ1n) is 8.74. The first-order chi connectivity index (χ1) is 11.9. The van der Waals surface area contributed by atoms with E-state index in [9.17, 15) is 8.42 Å². The minimum atomic E-state index is -3.73. The first kappa shape index (κ1) is 18.3. The highest BCUT2D eigenvalue weighted by Crippen LogP contribution is 2.22. The monoisotopic (exact) mass is 366 g/mol. The van der Waals surface area contributed by atoms with E-state index in [2.05, 4.69) is 23.3 Å². The molecule has 0 bridgehead atoms. The maximum Gasteiger partial charge on any atom is 0.238 e. The Hall–Kier alpha value is -1.48. The number of ether oxygens (including phenoxy) is 1. The van der Waals surface area contributed by atoms with Crippen LogP contribution < -0.4 is 5.14 Å². The Labute approximate surface area is 148 Å². The molecule has 1 aromatic heterocycles. The van der Waals surface area contributed by atoms with Gasteiger partial charge in [0.1, 0.15) is 5.82 Å². The van der Waals surface area contributed by atoms with Gasteiger partial charge in [0, 0.05) is 19.6 Å². The van der Waals surface area contributed by atoms with E-state index < -0.39 is 10.0 Å². The van der Waals surface area contributed by atoms with Crippen molar-refractivity contribution in [2.75, 3.05) is 19.7 Å². The van der Waals surface area contributed by atoms with Gasteiger partial charge in [-0.1, -0.05) is 13.3 Å². The molecule has 1 atom stereocenters. The van der Waals surface area contributed by atoms with Crippen molar-refractivity contribution in [3.8, 4) is 0 Å². The van der Waals surface area contributed by atoms with Gasteiger partial charge in [-0.05, 0) is 31.5 Å². The maximum atomic E-state index is 11.6. The summed E-state index contributed by atoms with van der Waals surface area (Å²) in [6, 6.07) is 4.93. The number of nitrogens with zero attached hydrogens (tertiary/aromatic N) is 3. The third-order valence-electron chi connectivity index (χ3n) is 4.55. The van der Waals surface area contributed by atoms with Gasteiger partial charge >= 0.3 is 0 Å². The van der Waals surface area contributed by atoms with Crippen molar-refractivity contribution >= 4 is 21.1 Å². The Morgan fingerprint density at radius 3 is 2.88 bits per heavy atom. The molecule has 0 saturated carbocycles. The zero-order valence-corrected chi connectivity index (χ0v) is 15.6. The number of fused-ring (bicyclic) bond motifs is 1. The molecule has 2 N–H and O–H groups in total. The van der Waals surface area contributed by atoms with E-state index in [1.54, 1.807) is 12.1 Å². The molecule has 0 radical (unpaired) electrons. The molecule has 1 fully saturated rings. The SMILES string of the molecule is CCCCn1c(CN2CCO[C@H](C)C2)nc2cc(S(N)(=O)=O)ccc21. The Balaban J connectivity index is 1.97. The second kappa shape index (κ2) is 7.41. The summed E-state index contributed by atoms with van der Waals surface area (Å²) in [5.74, 6) is 0.962. The molecule has 2 aromatic rings. The molecule has 25 heavy (non-hydrogen) atoms. The lowest BCUT2D eigenvalue weighted by molar-refractivity contribution is -0.0222. The lowest BCUT2D eigenvalue weighted by Gasteiger charge is -2.30. The van der Waals surface area contributed by atoms with E-state index in [0.29, 0.717) is 5.52 Å². The van der Waals surface area contributed by atoms with Crippen LogP contribution in [-0.4, -0.2) is 48.7 Å². The highest BCUT2D eigenvalue weighted by atomic mass is 32.2. The van der Waals surface area contributed by atoms with Gasteiger partial charge in [0.05, 0.1) is 35.2 Å². The predicted octanol–water partition coefficient (Wildman–Crippen LogP) is 1.70. The lowest BCUT2D eigenvalue weighted by atomic mass is 10.3. The molecule has 0 amide bonds. The summed E-state index contributed by atoms with van der Waals surface area (Å²) in [5, 5.41) is 5.25. The van der Waals surface area contributed by atoms with E-state index in [1.165, 1.54) is 0 Å². The standard InChI is InChI=1S/C17H26N4O3S/c1-3-4-7-21-16-6-5-14(25(18,22)23)10-15(16)19-17(21)12-20-8-9-24-13(2)11-20/h5-6,10,13H,3-4,7-9,11-12H2,1-2H3,(H2,18,22,23)/t13-/m1/s1. The van der Waals surface area contributed by atoms with Gasteiger partial charge in [-0.25, -0.2) is 18.5 Å². The van der Waals surface area contributed by atoms with Crippen molar-refractivity contribution in [2.24, 2.45) is 5.14 Å². The highest BCUT2D eigenvalue weighted by Gasteiger charge is 2.20. The molecule has 138 valence electrons. The number of hydrogen-bond acceptors (Lipinski definition) is 5. The van der Waals surface area contributed by atoms with Gasteiger partial charge in [0.2, 0.25) is 10.0 Å². The largest absolute Gasteiger partial charge is 0.376 e. The number of morpholine rings is 1. The molecule has 1 aliphatic heterocycles. The van der Waals surface area contributed by atoms with Crippen LogP contribution in [0, 0.1) is 0 Å². The van der Waals surface area contributed by atoms with Gasteiger partial charge in [-0.15, -0.1) is 0 Å². The number of aromatic nitrogens is 2. The molecule has 1 aliphatic rings. The molecular weight excluding hydrogens is 340 g/mol. The van der Waals surface area contributed by atoms with Crippen LogP contribution in [-0.2, 0) is 27.8 Å². The Morgan fingerprint density at radius 1 is 1.40 bits per heavy atom. The number of primary sulfonamides is 1. The summed E-state index contributed by atoms with van der Waals surface area (Å²) in [4.78, 5) is 7.15. The van der Waals surface area contributed by atoms with Crippen molar-refractivity contribution in [2.45, 2.75) is 50.8 Å². The average molecular weight is 366 g/mol. The number of aryl methyl sites for hydroxylation is 1. The number of rotatable bonds is 6. The van der Waals surface area contributed by atoms with E-state index in [1.807, 2.05) is 6.07 Å². The van der Waals surface area contributed by atoms with Crippen molar-refractivity contribution in [1.29, 1.82) is 0 Å². The molecular formula is C17H26N4O3S. The van der Waals surface area contributed by atoms with E-state index in [0.717, 1.165) is 57.0 Å². The van der Waals surface area contributed by atoms with Crippen LogP contribution in [0.15, 0.2) is 23.1 Å². The van der Waals surface area contributed by atoms with E-state index in [4.69, 9.17) is 14.9 Å². The minimum Gasteiger partial charge on any atom is -0.376 e. The maximum absolute atomic E-state index is 11.6. The van der Waals surface area contributed by atoms with Crippen molar-refractivity contribution in [3.63, 3.8) is 0 Å². The van der Waals surface area contributed by atoms with Gasteiger partial charge in [0.25, 0.3) is 0 Å². The van der Waals surface area contributed by atoms with Crippen molar-refractivity contribution in [3.05, 3.63) is 24.0 Å². The van der Waals surface area contributed by atoms with Gasteiger partial charge < -0.3 is 9.30 Å². The quantitative estimate of drug-likeness (QED) is 0.840. The number of sulfonamides is 1. The van der Waals surface area contributed by atoms with Gasteiger partial charge in [-0.2, -0.15) is 0 Å². The van der Waals surface area contributed by atoms with Crippen LogP contribution in [0.4, 0.5) is 0 Å². The topological polar surface area (TPSA) is 90.4 Å². The van der Waals surface area contributed by atoms with E-state index >= 15 is 0 Å². The summed E-state index contributed by atoms with van der Waals surface area (Å²) < 4.78 is 31.0. The van der Waals surface area contributed by atoms with Crippen LogP contribution in [0.2, 0.25) is 0 Å². The molecule has 8 heteroatoms. The molecule has 1 saturated heterocycles. The Bertz CT molecular complexity index is 847. The van der Waals surface area contributed by atoms with Gasteiger partial charge in [-0.3, -0.25) is 4.90 Å². The summed E-state index contributed by atoms with van der Waals surface area (Å²) in [5.41, 5.74) is 1.64. The fourth-order valence-electron chi connectivity index (χ4n) is 3.26. The third-order valence-corrected chi connectivity index (χ3v) is 5.46. The smallest absolute Gasteiger partial charge is 0.238 e. The minimum absolute atomic E-state index is 0.103. The van der Waals surface area contributed by atoms with Crippen LogP contribution in [0.3, 0.4) is 0 Å². The van der Waals surface area contributed by atoms with Crippen LogP contribution >= 0.6 is 0 Å². The van der Waals surface area contributed by atoms with E-state index in [-0.39, 0.29) is 11.0 Å². The second-order valence-electron chi connectivity index (χ2n) is 6.65. The highest BCUT2D eigenvalue weighted by molar-refractivity contribution is 7.89. The number of nitrogens with two attached hydrogens (primary N) is 1. The number of benzene rings is 1. The van der Waals surface area contributed by atoms with Crippen LogP contribution in [0.25, 0.3) is 11.0 Å². The normalized spacial score (nSPS) is 19.6. The fraction of sp³-hybridized carbons (Fsp3) is 0.588. The Kier molecular flexibility index (Phi) is 5.43. The van der Waals surface area contributed by atoms with Crippen molar-refractivity contribution in [1.82, 2.24) is 14.5 Å².